The van der Waals surface area contributed by atoms with Crippen molar-refractivity contribution in [2.24, 2.45) is 5.73 Å². The lowest BCUT2D eigenvalue weighted by Crippen LogP contribution is -2.42. The molecule has 0 radical (unpaired) electrons. The summed E-state index contributed by atoms with van der Waals surface area (Å²) in [7, 11) is 0. The van der Waals surface area contributed by atoms with E-state index < -0.39 is 0 Å². The first kappa shape index (κ1) is 10.2. The van der Waals surface area contributed by atoms with Crippen molar-refractivity contribution in [3.8, 4) is 0 Å². The van der Waals surface area contributed by atoms with Crippen molar-refractivity contribution < 1.29 is 4.79 Å². The molecule has 2 heterocycles. The number of carbonyl (C=O) groups excluding carboxylic acids is 1. The summed E-state index contributed by atoms with van der Waals surface area (Å²) in [6, 6.07) is 1.89. The summed E-state index contributed by atoms with van der Waals surface area (Å²) in [4.78, 5) is 16.9. The van der Waals surface area contributed by atoms with Crippen LogP contribution in [-0.4, -0.2) is 33.9 Å². The van der Waals surface area contributed by atoms with Crippen LogP contribution in [0.2, 0.25) is 0 Å². The highest BCUT2D eigenvalue weighted by Crippen LogP contribution is 2.29. The standard InChI is InChI=1S/C11H17N3O/c1-11(2)5-9(12)7-14(11)10(15)8-3-4-13-6-8/h3-4,6,9,13H,5,7,12H2,1-2H3. The molecule has 1 aliphatic heterocycles. The molecule has 0 aliphatic carbocycles. The van der Waals surface area contributed by atoms with Crippen LogP contribution in [0.4, 0.5) is 0 Å². The molecule has 0 saturated carbocycles. The van der Waals surface area contributed by atoms with Gasteiger partial charge in [0.25, 0.3) is 5.91 Å². The van der Waals surface area contributed by atoms with E-state index in [1.165, 1.54) is 0 Å². The van der Waals surface area contributed by atoms with Gasteiger partial charge in [-0.2, -0.15) is 0 Å². The van der Waals surface area contributed by atoms with E-state index in [2.05, 4.69) is 18.8 Å². The van der Waals surface area contributed by atoms with Gasteiger partial charge in [-0.25, -0.2) is 0 Å². The average molecular weight is 207 g/mol. The fourth-order valence-electron chi connectivity index (χ4n) is 2.27. The Balaban J connectivity index is 2.21. The van der Waals surface area contributed by atoms with Gasteiger partial charge in [0.1, 0.15) is 0 Å². The summed E-state index contributed by atoms with van der Waals surface area (Å²) < 4.78 is 0. The molecular weight excluding hydrogens is 190 g/mol. The zero-order chi connectivity index (χ0) is 11.1. The van der Waals surface area contributed by atoms with Gasteiger partial charge >= 0.3 is 0 Å². The van der Waals surface area contributed by atoms with Crippen LogP contribution in [0.1, 0.15) is 30.6 Å². The van der Waals surface area contributed by atoms with E-state index in [9.17, 15) is 4.79 Å². The second kappa shape index (κ2) is 3.38. The fourth-order valence-corrected chi connectivity index (χ4v) is 2.27. The van der Waals surface area contributed by atoms with Crippen molar-refractivity contribution in [3.63, 3.8) is 0 Å². The molecule has 0 spiro atoms. The Morgan fingerprint density at radius 1 is 1.67 bits per heavy atom. The Bertz CT molecular complexity index is 356. The lowest BCUT2D eigenvalue weighted by atomic mass is 10.0. The van der Waals surface area contributed by atoms with Crippen molar-refractivity contribution in [3.05, 3.63) is 24.0 Å². The molecule has 15 heavy (non-hydrogen) atoms. The monoisotopic (exact) mass is 207 g/mol. The quantitative estimate of drug-likeness (QED) is 0.720. The van der Waals surface area contributed by atoms with Crippen LogP contribution in [0.15, 0.2) is 18.5 Å². The Hall–Kier alpha value is -1.29. The fraction of sp³-hybridized carbons (Fsp3) is 0.545. The molecule has 1 atom stereocenters. The number of aromatic nitrogens is 1. The van der Waals surface area contributed by atoms with E-state index >= 15 is 0 Å². The van der Waals surface area contributed by atoms with Gasteiger partial charge < -0.3 is 15.6 Å². The molecule has 0 aromatic carbocycles. The molecule has 1 saturated heterocycles. The van der Waals surface area contributed by atoms with Gasteiger partial charge in [-0.05, 0) is 26.3 Å². The van der Waals surface area contributed by atoms with E-state index in [0.29, 0.717) is 12.1 Å². The van der Waals surface area contributed by atoms with Gasteiger partial charge in [0.15, 0.2) is 0 Å². The molecular formula is C11H17N3O. The largest absolute Gasteiger partial charge is 0.367 e. The minimum atomic E-state index is -0.131. The van der Waals surface area contributed by atoms with Gasteiger partial charge in [0, 0.05) is 30.5 Å². The van der Waals surface area contributed by atoms with E-state index in [4.69, 9.17) is 5.73 Å². The smallest absolute Gasteiger partial charge is 0.255 e. The Morgan fingerprint density at radius 3 is 2.87 bits per heavy atom. The van der Waals surface area contributed by atoms with Crippen molar-refractivity contribution in [1.29, 1.82) is 0 Å². The average Bonchev–Trinajstić information content (AvgIpc) is 2.71. The summed E-state index contributed by atoms with van der Waals surface area (Å²) in [5.41, 5.74) is 6.46. The number of H-pyrrole nitrogens is 1. The Labute approximate surface area is 89.5 Å². The predicted molar refractivity (Wildman–Crippen MR) is 58.5 cm³/mol. The number of nitrogens with two attached hydrogens (primary N) is 1. The number of hydrogen-bond donors (Lipinski definition) is 2. The maximum absolute atomic E-state index is 12.1. The molecule has 1 aromatic heterocycles. The number of amides is 1. The van der Waals surface area contributed by atoms with Crippen molar-refractivity contribution in [2.75, 3.05) is 6.54 Å². The van der Waals surface area contributed by atoms with Gasteiger partial charge in [-0.1, -0.05) is 0 Å². The minimum Gasteiger partial charge on any atom is -0.367 e. The second-order valence-electron chi connectivity index (χ2n) is 4.79. The summed E-state index contributed by atoms with van der Waals surface area (Å²) in [6.07, 6.45) is 4.35. The molecule has 0 bridgehead atoms. The van der Waals surface area contributed by atoms with Gasteiger partial charge in [0.2, 0.25) is 0 Å². The highest BCUT2D eigenvalue weighted by molar-refractivity contribution is 5.94. The summed E-state index contributed by atoms with van der Waals surface area (Å²) in [6.45, 7) is 4.77. The topological polar surface area (TPSA) is 62.1 Å². The van der Waals surface area contributed by atoms with Gasteiger partial charge in [0.05, 0.1) is 5.56 Å². The number of likely N-dealkylation sites (tertiary alicyclic amines) is 1. The van der Waals surface area contributed by atoms with Gasteiger partial charge in [-0.3, -0.25) is 4.79 Å². The van der Waals surface area contributed by atoms with Crippen molar-refractivity contribution in [2.45, 2.75) is 31.8 Å². The van der Waals surface area contributed by atoms with Crippen molar-refractivity contribution in [1.82, 2.24) is 9.88 Å². The third-order valence-electron chi connectivity index (χ3n) is 3.00. The summed E-state index contributed by atoms with van der Waals surface area (Å²) in [5.74, 6) is 0.0641. The normalized spacial score (nSPS) is 24.5. The SMILES string of the molecule is CC1(C)CC(N)CN1C(=O)c1cc[nH]c1. The maximum atomic E-state index is 12.1. The van der Waals surface area contributed by atoms with E-state index in [1.54, 1.807) is 18.5 Å². The van der Waals surface area contributed by atoms with Crippen molar-refractivity contribution >= 4 is 5.91 Å². The summed E-state index contributed by atoms with van der Waals surface area (Å²) in [5, 5.41) is 0. The Morgan fingerprint density at radius 2 is 2.40 bits per heavy atom. The highest BCUT2D eigenvalue weighted by atomic mass is 16.2. The molecule has 4 nitrogen and oxygen atoms in total. The van der Waals surface area contributed by atoms with Crippen LogP contribution in [0, 0.1) is 0 Å². The third-order valence-corrected chi connectivity index (χ3v) is 3.00. The second-order valence-corrected chi connectivity index (χ2v) is 4.79. The highest BCUT2D eigenvalue weighted by Gasteiger charge is 2.39. The molecule has 1 unspecified atom stereocenters. The first-order valence-corrected chi connectivity index (χ1v) is 5.21. The molecule has 1 amide bonds. The first-order chi connectivity index (χ1) is 7.00. The number of nitrogens with zero attached hydrogens (tertiary/aromatic N) is 1. The maximum Gasteiger partial charge on any atom is 0.255 e. The number of aromatic amines is 1. The lowest BCUT2D eigenvalue weighted by molar-refractivity contribution is 0.0651. The molecule has 2 rings (SSSR count). The van der Waals surface area contributed by atoms with E-state index in [0.717, 1.165) is 6.42 Å². The molecule has 1 aliphatic rings. The number of nitrogens with one attached hydrogen (secondary N) is 1. The van der Waals surface area contributed by atoms with Crippen LogP contribution in [0.5, 0.6) is 0 Å². The third kappa shape index (κ3) is 1.77. The number of carbonyl (C=O) groups is 1. The van der Waals surface area contributed by atoms with Crippen LogP contribution in [-0.2, 0) is 0 Å². The first-order valence-electron chi connectivity index (χ1n) is 5.21. The van der Waals surface area contributed by atoms with E-state index in [-0.39, 0.29) is 17.5 Å². The molecule has 3 N–H and O–H groups in total. The zero-order valence-corrected chi connectivity index (χ0v) is 9.16. The lowest BCUT2D eigenvalue weighted by Gasteiger charge is -2.31. The van der Waals surface area contributed by atoms with Crippen LogP contribution in [0.3, 0.4) is 0 Å². The minimum absolute atomic E-state index is 0.0641. The predicted octanol–water partition coefficient (Wildman–Crippen LogP) is 0.966. The molecule has 4 heteroatoms. The van der Waals surface area contributed by atoms with E-state index in [1.807, 2.05) is 4.90 Å². The summed E-state index contributed by atoms with van der Waals surface area (Å²) >= 11 is 0. The number of hydrogen-bond acceptors (Lipinski definition) is 2. The zero-order valence-electron chi connectivity index (χ0n) is 9.16. The molecule has 1 aromatic rings. The number of rotatable bonds is 1. The van der Waals surface area contributed by atoms with Crippen LogP contribution in [0.25, 0.3) is 0 Å². The van der Waals surface area contributed by atoms with Crippen LogP contribution >= 0.6 is 0 Å². The van der Waals surface area contributed by atoms with Gasteiger partial charge in [-0.15, -0.1) is 0 Å². The molecule has 1 fully saturated rings. The molecule has 82 valence electrons. The van der Waals surface area contributed by atoms with Crippen LogP contribution < -0.4 is 5.73 Å². The Kier molecular flexibility index (Phi) is 2.31.